The smallest absolute Gasteiger partial charge is 0.191 e. The number of piperidine rings is 1. The molecule has 0 spiro atoms. The third-order valence-electron chi connectivity index (χ3n) is 4.62. The van der Waals surface area contributed by atoms with Crippen LogP contribution in [-0.2, 0) is 0 Å². The summed E-state index contributed by atoms with van der Waals surface area (Å²) >= 11 is 0. The Morgan fingerprint density at radius 1 is 1.09 bits per heavy atom. The minimum absolute atomic E-state index is 0. The number of rotatable bonds is 8. The summed E-state index contributed by atoms with van der Waals surface area (Å²) in [6, 6.07) is 0. The van der Waals surface area contributed by atoms with Crippen molar-refractivity contribution in [3.8, 4) is 0 Å². The van der Waals surface area contributed by atoms with Gasteiger partial charge in [-0.15, -0.1) is 24.0 Å². The first-order valence-electron chi connectivity index (χ1n) is 9.02. The third kappa shape index (κ3) is 8.56. The van der Waals surface area contributed by atoms with Gasteiger partial charge in [0.15, 0.2) is 5.96 Å². The first-order valence-corrected chi connectivity index (χ1v) is 9.02. The molecule has 5 heteroatoms. The highest BCUT2D eigenvalue weighted by atomic mass is 127. The second-order valence-electron chi connectivity index (χ2n) is 6.82. The zero-order valence-electron chi connectivity index (χ0n) is 14.4. The normalized spacial score (nSPS) is 20.5. The molecular weight excluding hydrogens is 387 g/mol. The molecule has 1 aliphatic heterocycles. The monoisotopic (exact) mass is 422 g/mol. The first kappa shape index (κ1) is 20.0. The number of guanidine groups is 1. The Morgan fingerprint density at radius 2 is 1.82 bits per heavy atom. The van der Waals surface area contributed by atoms with Gasteiger partial charge in [-0.1, -0.05) is 6.92 Å². The number of hydrogen-bond acceptors (Lipinski definition) is 2. The van der Waals surface area contributed by atoms with Crippen molar-refractivity contribution in [2.75, 3.05) is 39.3 Å². The van der Waals surface area contributed by atoms with E-state index < -0.39 is 0 Å². The predicted molar refractivity (Wildman–Crippen MR) is 106 cm³/mol. The van der Waals surface area contributed by atoms with Crippen molar-refractivity contribution >= 4 is 29.9 Å². The van der Waals surface area contributed by atoms with Gasteiger partial charge in [0, 0.05) is 19.6 Å². The van der Waals surface area contributed by atoms with E-state index in [1.165, 1.54) is 58.2 Å². The van der Waals surface area contributed by atoms with Crippen LogP contribution < -0.4 is 10.6 Å². The van der Waals surface area contributed by atoms with Gasteiger partial charge >= 0.3 is 0 Å². The van der Waals surface area contributed by atoms with Crippen molar-refractivity contribution < 1.29 is 0 Å². The third-order valence-corrected chi connectivity index (χ3v) is 4.62. The van der Waals surface area contributed by atoms with Crippen LogP contribution in [-0.4, -0.2) is 50.1 Å². The van der Waals surface area contributed by atoms with Crippen LogP contribution >= 0.6 is 24.0 Å². The van der Waals surface area contributed by atoms with Gasteiger partial charge in [0.25, 0.3) is 0 Å². The molecule has 2 N–H and O–H groups in total. The fraction of sp³-hybridized carbons (Fsp3) is 0.941. The van der Waals surface area contributed by atoms with Gasteiger partial charge < -0.3 is 15.5 Å². The Morgan fingerprint density at radius 3 is 2.45 bits per heavy atom. The minimum Gasteiger partial charge on any atom is -0.357 e. The van der Waals surface area contributed by atoms with Crippen molar-refractivity contribution in [3.05, 3.63) is 0 Å². The molecule has 1 saturated carbocycles. The van der Waals surface area contributed by atoms with Gasteiger partial charge in [-0.25, -0.2) is 0 Å². The van der Waals surface area contributed by atoms with Crippen molar-refractivity contribution in [2.45, 2.75) is 52.4 Å². The lowest BCUT2D eigenvalue weighted by molar-refractivity contribution is 0.189. The molecule has 0 unspecified atom stereocenters. The molecule has 0 atom stereocenters. The summed E-state index contributed by atoms with van der Waals surface area (Å²) in [5, 5.41) is 6.81. The largest absolute Gasteiger partial charge is 0.357 e. The quantitative estimate of drug-likeness (QED) is 0.273. The summed E-state index contributed by atoms with van der Waals surface area (Å²) in [7, 11) is 0. The molecule has 2 fully saturated rings. The Hall–Kier alpha value is -0.0400. The molecule has 2 rings (SSSR count). The molecule has 130 valence electrons. The van der Waals surface area contributed by atoms with E-state index in [9.17, 15) is 0 Å². The van der Waals surface area contributed by atoms with Gasteiger partial charge in [0.2, 0.25) is 0 Å². The SMILES string of the molecule is CCNC(=NCC1CC1)NCCCCN1CCC(C)CC1.I. The molecule has 0 aromatic rings. The van der Waals surface area contributed by atoms with E-state index in [-0.39, 0.29) is 24.0 Å². The van der Waals surface area contributed by atoms with Crippen LogP contribution in [0.25, 0.3) is 0 Å². The van der Waals surface area contributed by atoms with Gasteiger partial charge in [-0.05, 0) is 76.9 Å². The average molecular weight is 422 g/mol. The van der Waals surface area contributed by atoms with Gasteiger partial charge in [-0.3, -0.25) is 4.99 Å². The topological polar surface area (TPSA) is 39.7 Å². The highest BCUT2D eigenvalue weighted by Gasteiger charge is 2.20. The summed E-state index contributed by atoms with van der Waals surface area (Å²) in [6.45, 7) is 11.4. The standard InChI is InChI=1S/C17H34N4.HI/c1-3-18-17(20-14-16-6-7-16)19-10-4-5-11-21-12-8-15(2)9-13-21;/h15-16H,3-14H2,1-2H3,(H2,18,19,20);1H. The maximum atomic E-state index is 4.66. The van der Waals surface area contributed by atoms with E-state index >= 15 is 0 Å². The number of aliphatic imine (C=N–C) groups is 1. The van der Waals surface area contributed by atoms with Crippen molar-refractivity contribution in [1.82, 2.24) is 15.5 Å². The summed E-state index contributed by atoms with van der Waals surface area (Å²) in [4.78, 5) is 7.29. The molecule has 1 saturated heterocycles. The molecule has 0 amide bonds. The van der Waals surface area contributed by atoms with Gasteiger partial charge in [0.05, 0.1) is 0 Å². The predicted octanol–water partition coefficient (Wildman–Crippen LogP) is 3.08. The molecule has 0 bridgehead atoms. The van der Waals surface area contributed by atoms with Crippen molar-refractivity contribution in [1.29, 1.82) is 0 Å². The molecule has 0 radical (unpaired) electrons. The number of nitrogens with zero attached hydrogens (tertiary/aromatic N) is 2. The minimum atomic E-state index is 0. The Bertz CT molecular complexity index is 310. The lowest BCUT2D eigenvalue weighted by Crippen LogP contribution is -2.38. The van der Waals surface area contributed by atoms with Crippen molar-refractivity contribution in [3.63, 3.8) is 0 Å². The van der Waals surface area contributed by atoms with Crippen LogP contribution in [0.3, 0.4) is 0 Å². The summed E-state index contributed by atoms with van der Waals surface area (Å²) in [6.07, 6.45) is 8.05. The zero-order chi connectivity index (χ0) is 14.9. The number of nitrogens with one attached hydrogen (secondary N) is 2. The lowest BCUT2D eigenvalue weighted by atomic mass is 9.99. The number of likely N-dealkylation sites (tertiary alicyclic amines) is 1. The van der Waals surface area contributed by atoms with Crippen molar-refractivity contribution in [2.24, 2.45) is 16.8 Å². The van der Waals surface area contributed by atoms with Crippen LogP contribution in [0.15, 0.2) is 4.99 Å². The van der Waals surface area contributed by atoms with E-state index in [4.69, 9.17) is 0 Å². The molecular formula is C17H35IN4. The maximum Gasteiger partial charge on any atom is 0.191 e. The molecule has 1 heterocycles. The second kappa shape index (κ2) is 11.5. The van der Waals surface area contributed by atoms with Crippen LogP contribution in [0.4, 0.5) is 0 Å². The fourth-order valence-corrected chi connectivity index (χ4v) is 2.82. The molecule has 0 aromatic carbocycles. The molecule has 22 heavy (non-hydrogen) atoms. The summed E-state index contributed by atoms with van der Waals surface area (Å²) < 4.78 is 0. The molecule has 2 aliphatic rings. The maximum absolute atomic E-state index is 4.66. The van der Waals surface area contributed by atoms with E-state index in [1.54, 1.807) is 0 Å². The van der Waals surface area contributed by atoms with E-state index in [0.29, 0.717) is 0 Å². The zero-order valence-corrected chi connectivity index (χ0v) is 16.8. The number of hydrogen-bond donors (Lipinski definition) is 2. The first-order chi connectivity index (χ1) is 10.3. The summed E-state index contributed by atoms with van der Waals surface area (Å²) in [5.74, 6) is 2.81. The van der Waals surface area contributed by atoms with E-state index in [0.717, 1.165) is 37.4 Å². The Labute approximate surface area is 153 Å². The molecule has 1 aliphatic carbocycles. The second-order valence-corrected chi connectivity index (χ2v) is 6.82. The fourth-order valence-electron chi connectivity index (χ4n) is 2.82. The van der Waals surface area contributed by atoms with Gasteiger partial charge in [-0.2, -0.15) is 0 Å². The highest BCUT2D eigenvalue weighted by Crippen LogP contribution is 2.28. The summed E-state index contributed by atoms with van der Waals surface area (Å²) in [5.41, 5.74) is 0. The van der Waals surface area contributed by atoms with Crippen LogP contribution in [0, 0.1) is 11.8 Å². The molecule has 0 aromatic heterocycles. The number of halogens is 1. The lowest BCUT2D eigenvalue weighted by Gasteiger charge is -2.30. The van der Waals surface area contributed by atoms with Crippen LogP contribution in [0.2, 0.25) is 0 Å². The van der Waals surface area contributed by atoms with E-state index in [2.05, 4.69) is 34.4 Å². The number of unbranched alkanes of at least 4 members (excludes halogenated alkanes) is 1. The molecule has 4 nitrogen and oxygen atoms in total. The van der Waals surface area contributed by atoms with Crippen LogP contribution in [0.1, 0.15) is 52.4 Å². The Balaban J connectivity index is 0.00000242. The average Bonchev–Trinajstić information content (AvgIpc) is 3.30. The van der Waals surface area contributed by atoms with Gasteiger partial charge in [0.1, 0.15) is 0 Å². The highest BCUT2D eigenvalue weighted by molar-refractivity contribution is 14.0. The Kier molecular flexibility index (Phi) is 10.4. The van der Waals surface area contributed by atoms with Crippen LogP contribution in [0.5, 0.6) is 0 Å². The van der Waals surface area contributed by atoms with E-state index in [1.807, 2.05) is 0 Å².